The van der Waals surface area contributed by atoms with Gasteiger partial charge in [0.1, 0.15) is 18.0 Å². The van der Waals surface area contributed by atoms with E-state index in [1.807, 2.05) is 30.3 Å². The molecule has 1 atom stereocenters. The number of thiocarbonyl (C=S) groups is 1. The highest BCUT2D eigenvalue weighted by molar-refractivity contribution is 8.24. The number of esters is 2. The van der Waals surface area contributed by atoms with Crippen molar-refractivity contribution in [2.45, 2.75) is 31.4 Å². The summed E-state index contributed by atoms with van der Waals surface area (Å²) in [5, 5.41) is 9.47. The molecule has 1 unspecified atom stereocenters. The van der Waals surface area contributed by atoms with E-state index in [1.165, 1.54) is 18.7 Å². The van der Waals surface area contributed by atoms with E-state index in [0.29, 0.717) is 10.6 Å². The Kier molecular flexibility index (Phi) is 9.03. The van der Waals surface area contributed by atoms with Crippen molar-refractivity contribution in [1.82, 2.24) is 0 Å². The van der Waals surface area contributed by atoms with Crippen LogP contribution in [0.3, 0.4) is 0 Å². The minimum Gasteiger partial charge on any atom is -0.462 e. The van der Waals surface area contributed by atoms with Crippen molar-refractivity contribution in [1.29, 1.82) is 5.26 Å². The third-order valence-corrected chi connectivity index (χ3v) is 4.95. The van der Waals surface area contributed by atoms with E-state index in [0.717, 1.165) is 5.56 Å². The molecule has 0 spiro atoms. The summed E-state index contributed by atoms with van der Waals surface area (Å²) < 4.78 is 9.61. The summed E-state index contributed by atoms with van der Waals surface area (Å²) in [4.78, 5) is 23.0. The largest absolute Gasteiger partial charge is 0.462 e. The fraction of sp³-hybridized carbons (Fsp3) is 0.368. The van der Waals surface area contributed by atoms with Crippen LogP contribution in [0.4, 0.5) is 0 Å². The number of hydrogen-bond donors (Lipinski definition) is 0. The van der Waals surface area contributed by atoms with Gasteiger partial charge in [0, 0.05) is 12.0 Å². The van der Waals surface area contributed by atoms with Crippen LogP contribution in [-0.4, -0.2) is 34.1 Å². The Hall–Kier alpha value is -2.17. The van der Waals surface area contributed by atoms with Crippen LogP contribution in [0.25, 0.3) is 0 Å². The predicted molar refractivity (Wildman–Crippen MR) is 106 cm³/mol. The summed E-state index contributed by atoms with van der Waals surface area (Å²) >= 11 is 6.65. The maximum absolute atomic E-state index is 11.8. The van der Waals surface area contributed by atoms with Gasteiger partial charge in [-0.15, -0.1) is 0 Å². The van der Waals surface area contributed by atoms with Gasteiger partial charge in [0.25, 0.3) is 0 Å². The highest BCUT2D eigenvalue weighted by atomic mass is 32.2. The van der Waals surface area contributed by atoms with Crippen molar-refractivity contribution in [3.05, 3.63) is 48.0 Å². The number of nitrogens with zero attached hydrogens (tertiary/aromatic N) is 1. The zero-order valence-electron chi connectivity index (χ0n) is 14.8. The van der Waals surface area contributed by atoms with Gasteiger partial charge in [0.05, 0.1) is 10.3 Å². The predicted octanol–water partition coefficient (Wildman–Crippen LogP) is 3.82. The van der Waals surface area contributed by atoms with Crippen LogP contribution in [0.2, 0.25) is 0 Å². The second-order valence-electron chi connectivity index (χ2n) is 5.73. The molecule has 0 saturated heterocycles. The smallest absolute Gasteiger partial charge is 0.333 e. The van der Waals surface area contributed by atoms with Gasteiger partial charge in [0.15, 0.2) is 0 Å². The van der Waals surface area contributed by atoms with Gasteiger partial charge in [0.2, 0.25) is 0 Å². The lowest BCUT2D eigenvalue weighted by Crippen LogP contribution is -2.22. The third-order valence-electron chi connectivity index (χ3n) is 3.30. The first-order valence-corrected chi connectivity index (χ1v) is 9.18. The lowest BCUT2D eigenvalue weighted by molar-refractivity contribution is -0.150. The molecule has 7 heteroatoms. The third kappa shape index (κ3) is 7.81. The number of ether oxygens (including phenoxy) is 2. The molecule has 0 amide bonds. The topological polar surface area (TPSA) is 76.4 Å². The molecule has 1 rings (SSSR count). The van der Waals surface area contributed by atoms with Crippen molar-refractivity contribution in [2.75, 3.05) is 13.2 Å². The van der Waals surface area contributed by atoms with E-state index in [-0.39, 0.29) is 25.2 Å². The van der Waals surface area contributed by atoms with Crippen molar-refractivity contribution < 1.29 is 19.1 Å². The number of rotatable bonds is 9. The van der Waals surface area contributed by atoms with E-state index in [9.17, 15) is 14.9 Å². The molecule has 1 aromatic rings. The maximum atomic E-state index is 11.8. The van der Waals surface area contributed by atoms with E-state index in [1.54, 1.807) is 6.92 Å². The van der Waals surface area contributed by atoms with Gasteiger partial charge in [-0.2, -0.15) is 5.26 Å². The SMILES string of the molecule is C=C(C)C(=O)OCCOC(=O)CCC(C)(C#N)SC(=S)c1ccccc1. The van der Waals surface area contributed by atoms with Crippen LogP contribution >= 0.6 is 24.0 Å². The molecule has 0 aliphatic carbocycles. The lowest BCUT2D eigenvalue weighted by atomic mass is 10.1. The second kappa shape index (κ2) is 10.7. The molecular formula is C19H21NO4S2. The van der Waals surface area contributed by atoms with Crippen LogP contribution in [0.5, 0.6) is 0 Å². The maximum Gasteiger partial charge on any atom is 0.333 e. The second-order valence-corrected chi connectivity index (χ2v) is 7.92. The summed E-state index contributed by atoms with van der Waals surface area (Å²) in [5.41, 5.74) is 1.16. The molecule has 0 aliphatic rings. The van der Waals surface area contributed by atoms with Gasteiger partial charge in [-0.1, -0.05) is 60.9 Å². The monoisotopic (exact) mass is 391 g/mol. The van der Waals surface area contributed by atoms with E-state index < -0.39 is 16.7 Å². The van der Waals surface area contributed by atoms with Crippen molar-refractivity contribution in [2.24, 2.45) is 0 Å². The first-order chi connectivity index (χ1) is 12.3. The molecule has 0 aromatic heterocycles. The Morgan fingerprint density at radius 3 is 2.46 bits per heavy atom. The quantitative estimate of drug-likeness (QED) is 0.274. The summed E-state index contributed by atoms with van der Waals surface area (Å²) in [6, 6.07) is 11.6. The highest BCUT2D eigenvalue weighted by Crippen LogP contribution is 2.33. The molecule has 0 N–H and O–H groups in total. The van der Waals surface area contributed by atoms with Crippen molar-refractivity contribution in [3.63, 3.8) is 0 Å². The molecule has 5 nitrogen and oxygen atoms in total. The van der Waals surface area contributed by atoms with E-state index in [2.05, 4.69) is 12.6 Å². The average Bonchev–Trinajstić information content (AvgIpc) is 2.64. The number of nitriles is 1. The Bertz CT molecular complexity index is 712. The van der Waals surface area contributed by atoms with Crippen LogP contribution in [0, 0.1) is 11.3 Å². The van der Waals surface area contributed by atoms with Crippen LogP contribution in [-0.2, 0) is 19.1 Å². The summed E-state index contributed by atoms with van der Waals surface area (Å²) in [6.07, 6.45) is 0.369. The first-order valence-electron chi connectivity index (χ1n) is 7.95. The molecule has 138 valence electrons. The normalized spacial score (nSPS) is 12.3. The number of thioether (sulfide) groups is 1. The van der Waals surface area contributed by atoms with Crippen LogP contribution in [0.1, 0.15) is 32.3 Å². The highest BCUT2D eigenvalue weighted by Gasteiger charge is 2.28. The molecule has 0 radical (unpaired) electrons. The Morgan fingerprint density at radius 2 is 1.88 bits per heavy atom. The molecule has 1 aromatic carbocycles. The average molecular weight is 392 g/mol. The van der Waals surface area contributed by atoms with Gasteiger partial charge < -0.3 is 9.47 Å². The zero-order valence-corrected chi connectivity index (χ0v) is 16.5. The Labute approximate surface area is 163 Å². The van der Waals surface area contributed by atoms with Gasteiger partial charge in [-0.25, -0.2) is 4.79 Å². The molecule has 0 aliphatic heterocycles. The minimum atomic E-state index is -0.835. The fourth-order valence-electron chi connectivity index (χ4n) is 1.79. The van der Waals surface area contributed by atoms with Gasteiger partial charge in [-0.3, -0.25) is 4.79 Å². The molecule has 0 bridgehead atoms. The first kappa shape index (κ1) is 21.9. The number of hydrogen-bond acceptors (Lipinski definition) is 7. The van der Waals surface area contributed by atoms with Crippen LogP contribution < -0.4 is 0 Å². The summed E-state index contributed by atoms with van der Waals surface area (Å²) in [6.45, 7) is 6.68. The lowest BCUT2D eigenvalue weighted by Gasteiger charge is -2.20. The van der Waals surface area contributed by atoms with Gasteiger partial charge in [-0.05, 0) is 25.8 Å². The molecular weight excluding hydrogens is 370 g/mol. The van der Waals surface area contributed by atoms with E-state index in [4.69, 9.17) is 21.7 Å². The number of carbonyl (C=O) groups is 2. The van der Waals surface area contributed by atoms with Crippen molar-refractivity contribution >= 4 is 40.1 Å². The van der Waals surface area contributed by atoms with Crippen LogP contribution in [0.15, 0.2) is 42.5 Å². The summed E-state index contributed by atoms with van der Waals surface area (Å²) in [7, 11) is 0. The Balaban J connectivity index is 2.41. The number of carbonyl (C=O) groups excluding carboxylic acids is 2. The Morgan fingerprint density at radius 1 is 1.27 bits per heavy atom. The minimum absolute atomic E-state index is 0.0280. The number of benzene rings is 1. The van der Waals surface area contributed by atoms with Gasteiger partial charge >= 0.3 is 11.9 Å². The molecule has 0 saturated carbocycles. The molecule has 0 heterocycles. The van der Waals surface area contributed by atoms with Crippen molar-refractivity contribution in [3.8, 4) is 6.07 Å². The fourth-order valence-corrected chi connectivity index (χ4v) is 3.39. The standard InChI is InChI=1S/C19H21NO4S2/c1-14(2)17(22)24-12-11-23-16(21)9-10-19(3,13-20)26-18(25)15-7-5-4-6-8-15/h4-8H,1,9-12H2,2-3H3. The molecule has 0 fully saturated rings. The zero-order chi connectivity index (χ0) is 19.6. The molecule has 26 heavy (non-hydrogen) atoms. The summed E-state index contributed by atoms with van der Waals surface area (Å²) in [5.74, 6) is -0.979. The van der Waals surface area contributed by atoms with E-state index >= 15 is 0 Å².